The number of hydrogen-bond acceptors (Lipinski definition) is 3. The minimum Gasteiger partial charge on any atom is -0.484 e. The van der Waals surface area contributed by atoms with Crippen LogP contribution in [0.4, 0.5) is 0 Å². The molecule has 1 N–H and O–H groups in total. The van der Waals surface area contributed by atoms with E-state index in [0.717, 1.165) is 34.7 Å². The van der Waals surface area contributed by atoms with Crippen molar-refractivity contribution < 1.29 is 14.3 Å². The Hall–Kier alpha value is -1.59. The molecular weight excluding hydrogens is 346 g/mol. The fraction of sp³-hybridized carbons (Fsp3) is 0.353. The Labute approximate surface area is 137 Å². The molecular formula is C17H18BrNO3. The molecule has 0 saturated carbocycles. The number of amides is 1. The molecule has 0 radical (unpaired) electrons. The molecule has 1 aliphatic rings. The van der Waals surface area contributed by atoms with Gasteiger partial charge in [0.1, 0.15) is 5.75 Å². The Morgan fingerprint density at radius 1 is 1.27 bits per heavy atom. The van der Waals surface area contributed by atoms with Crippen molar-refractivity contribution in [3.05, 3.63) is 40.9 Å². The third kappa shape index (κ3) is 3.99. The van der Waals surface area contributed by atoms with Crippen molar-refractivity contribution in [1.82, 2.24) is 5.32 Å². The van der Waals surface area contributed by atoms with Gasteiger partial charge in [0, 0.05) is 17.6 Å². The van der Waals surface area contributed by atoms with Crippen molar-refractivity contribution in [1.29, 1.82) is 0 Å². The fourth-order valence-electron chi connectivity index (χ4n) is 2.52. The molecule has 1 aliphatic heterocycles. The van der Waals surface area contributed by atoms with Crippen LogP contribution in [0.3, 0.4) is 0 Å². The van der Waals surface area contributed by atoms with Crippen LogP contribution in [-0.2, 0) is 9.53 Å². The van der Waals surface area contributed by atoms with E-state index in [4.69, 9.17) is 9.47 Å². The van der Waals surface area contributed by atoms with Crippen LogP contribution in [0.15, 0.2) is 40.9 Å². The molecule has 1 amide bonds. The monoisotopic (exact) mass is 363 g/mol. The lowest BCUT2D eigenvalue weighted by molar-refractivity contribution is -0.123. The number of carbonyl (C=O) groups excluding carboxylic acids is 1. The van der Waals surface area contributed by atoms with Crippen molar-refractivity contribution in [2.75, 3.05) is 19.8 Å². The summed E-state index contributed by atoms with van der Waals surface area (Å²) in [4.78, 5) is 11.8. The normalized spacial score (nSPS) is 17.6. The van der Waals surface area contributed by atoms with E-state index in [9.17, 15) is 4.79 Å². The highest BCUT2D eigenvalue weighted by Gasteiger charge is 2.16. The topological polar surface area (TPSA) is 47.6 Å². The van der Waals surface area contributed by atoms with Gasteiger partial charge in [0.25, 0.3) is 5.91 Å². The first kappa shape index (κ1) is 15.3. The molecule has 1 saturated heterocycles. The van der Waals surface area contributed by atoms with Crippen molar-refractivity contribution >= 4 is 32.6 Å². The van der Waals surface area contributed by atoms with Gasteiger partial charge in [-0.25, -0.2) is 0 Å². The average Bonchev–Trinajstić information content (AvgIpc) is 3.04. The number of nitrogens with one attached hydrogen (secondary N) is 1. The molecule has 0 unspecified atom stereocenters. The van der Waals surface area contributed by atoms with Crippen LogP contribution in [0.2, 0.25) is 0 Å². The van der Waals surface area contributed by atoms with Gasteiger partial charge in [-0.15, -0.1) is 0 Å². The summed E-state index contributed by atoms with van der Waals surface area (Å²) in [6, 6.07) is 11.9. The molecule has 1 heterocycles. The zero-order valence-corrected chi connectivity index (χ0v) is 13.8. The van der Waals surface area contributed by atoms with Crippen LogP contribution in [0.1, 0.15) is 12.8 Å². The summed E-state index contributed by atoms with van der Waals surface area (Å²) >= 11 is 3.45. The Morgan fingerprint density at radius 2 is 2.09 bits per heavy atom. The molecule has 4 nitrogen and oxygen atoms in total. The zero-order chi connectivity index (χ0) is 15.4. The molecule has 2 aromatic rings. The van der Waals surface area contributed by atoms with Crippen LogP contribution in [0, 0.1) is 0 Å². The predicted molar refractivity (Wildman–Crippen MR) is 89.1 cm³/mol. The van der Waals surface area contributed by atoms with Gasteiger partial charge in [-0.2, -0.15) is 0 Å². The summed E-state index contributed by atoms with van der Waals surface area (Å²) in [7, 11) is 0. The Kier molecular flexibility index (Phi) is 4.95. The number of carbonyl (C=O) groups is 1. The summed E-state index contributed by atoms with van der Waals surface area (Å²) in [5.41, 5.74) is 0. The van der Waals surface area contributed by atoms with Gasteiger partial charge in [0.2, 0.25) is 0 Å². The molecule has 1 atom stereocenters. The van der Waals surface area contributed by atoms with E-state index in [1.54, 1.807) is 0 Å². The molecule has 0 bridgehead atoms. The van der Waals surface area contributed by atoms with Gasteiger partial charge in [-0.3, -0.25) is 4.79 Å². The van der Waals surface area contributed by atoms with Gasteiger partial charge in [-0.1, -0.05) is 28.1 Å². The standard InChI is InChI=1S/C17H18BrNO3/c18-14-5-3-13-9-15(6-4-12(13)8-14)22-11-17(20)19-10-16-2-1-7-21-16/h3-6,8-9,16H,1-2,7,10-11H2,(H,19,20)/t16-/m1/s1. The van der Waals surface area contributed by atoms with Crippen LogP contribution < -0.4 is 10.1 Å². The second kappa shape index (κ2) is 7.11. The van der Waals surface area contributed by atoms with Crippen LogP contribution in [-0.4, -0.2) is 31.8 Å². The third-order valence-corrected chi connectivity index (χ3v) is 4.19. The first-order valence-corrected chi connectivity index (χ1v) is 8.20. The number of benzene rings is 2. The highest BCUT2D eigenvalue weighted by molar-refractivity contribution is 9.10. The van der Waals surface area contributed by atoms with Gasteiger partial charge < -0.3 is 14.8 Å². The van der Waals surface area contributed by atoms with Crippen LogP contribution >= 0.6 is 15.9 Å². The van der Waals surface area contributed by atoms with Crippen molar-refractivity contribution in [2.45, 2.75) is 18.9 Å². The maximum Gasteiger partial charge on any atom is 0.258 e. The lowest BCUT2D eigenvalue weighted by Gasteiger charge is -2.11. The average molecular weight is 364 g/mol. The molecule has 1 fully saturated rings. The maximum atomic E-state index is 11.8. The zero-order valence-electron chi connectivity index (χ0n) is 12.2. The Morgan fingerprint density at radius 3 is 2.91 bits per heavy atom. The molecule has 116 valence electrons. The van der Waals surface area contributed by atoms with Crippen molar-refractivity contribution in [3.8, 4) is 5.75 Å². The minimum absolute atomic E-state index is 0.0226. The summed E-state index contributed by atoms with van der Waals surface area (Å²) < 4.78 is 12.1. The van der Waals surface area contributed by atoms with Gasteiger partial charge in [-0.05, 0) is 47.9 Å². The molecule has 0 aromatic heterocycles. The SMILES string of the molecule is O=C(COc1ccc2cc(Br)ccc2c1)NC[C@H]1CCCO1. The van der Waals surface area contributed by atoms with E-state index < -0.39 is 0 Å². The van der Waals surface area contributed by atoms with Crippen LogP contribution in [0.5, 0.6) is 5.75 Å². The highest BCUT2D eigenvalue weighted by atomic mass is 79.9. The quantitative estimate of drug-likeness (QED) is 0.886. The van der Waals surface area contributed by atoms with E-state index in [1.807, 2.05) is 36.4 Å². The highest BCUT2D eigenvalue weighted by Crippen LogP contribution is 2.24. The molecule has 22 heavy (non-hydrogen) atoms. The van der Waals surface area contributed by atoms with E-state index in [1.165, 1.54) is 0 Å². The Bertz CT molecular complexity index is 668. The van der Waals surface area contributed by atoms with Crippen molar-refractivity contribution in [2.24, 2.45) is 0 Å². The first-order valence-electron chi connectivity index (χ1n) is 7.41. The fourth-order valence-corrected chi connectivity index (χ4v) is 2.90. The van der Waals surface area contributed by atoms with Crippen molar-refractivity contribution in [3.63, 3.8) is 0 Å². The van der Waals surface area contributed by atoms with E-state index in [-0.39, 0.29) is 18.6 Å². The Balaban J connectivity index is 1.52. The number of fused-ring (bicyclic) bond motifs is 1. The van der Waals surface area contributed by atoms with Gasteiger partial charge in [0.15, 0.2) is 6.61 Å². The number of ether oxygens (including phenoxy) is 2. The van der Waals surface area contributed by atoms with E-state index in [2.05, 4.69) is 21.2 Å². The van der Waals surface area contributed by atoms with Crippen LogP contribution in [0.25, 0.3) is 10.8 Å². The smallest absolute Gasteiger partial charge is 0.258 e. The molecule has 5 heteroatoms. The van der Waals surface area contributed by atoms with Gasteiger partial charge >= 0.3 is 0 Å². The second-order valence-electron chi connectivity index (χ2n) is 5.38. The number of rotatable bonds is 5. The lowest BCUT2D eigenvalue weighted by atomic mass is 10.1. The van der Waals surface area contributed by atoms with Gasteiger partial charge in [0.05, 0.1) is 6.10 Å². The number of halogens is 1. The third-order valence-electron chi connectivity index (χ3n) is 3.69. The summed E-state index contributed by atoms with van der Waals surface area (Å²) in [6.45, 7) is 1.38. The number of hydrogen-bond donors (Lipinski definition) is 1. The molecule has 3 rings (SSSR count). The molecule has 0 aliphatic carbocycles. The maximum absolute atomic E-state index is 11.8. The summed E-state index contributed by atoms with van der Waals surface area (Å²) in [6.07, 6.45) is 2.24. The summed E-state index contributed by atoms with van der Waals surface area (Å²) in [5.74, 6) is 0.577. The molecule has 0 spiro atoms. The first-order chi connectivity index (χ1) is 10.7. The van der Waals surface area contributed by atoms with E-state index >= 15 is 0 Å². The minimum atomic E-state index is -0.119. The molecule has 2 aromatic carbocycles. The summed E-state index contributed by atoms with van der Waals surface area (Å²) in [5, 5.41) is 5.06. The predicted octanol–water partition coefficient (Wildman–Crippen LogP) is 3.28. The van der Waals surface area contributed by atoms with E-state index in [0.29, 0.717) is 12.3 Å². The lowest BCUT2D eigenvalue weighted by Crippen LogP contribution is -2.35. The largest absolute Gasteiger partial charge is 0.484 e. The second-order valence-corrected chi connectivity index (χ2v) is 6.30.